The summed E-state index contributed by atoms with van der Waals surface area (Å²) in [5, 5.41) is 6.74. The fourth-order valence-electron chi connectivity index (χ4n) is 0.837. The maximum atomic E-state index is 10.7. The molecule has 0 aliphatic rings. The van der Waals surface area contributed by atoms with E-state index >= 15 is 0 Å². The van der Waals surface area contributed by atoms with Gasteiger partial charge in [-0.15, -0.1) is 10.2 Å². The molecule has 0 aliphatic heterocycles. The Kier molecular flexibility index (Phi) is 1.51. The number of halogens is 1. The summed E-state index contributed by atoms with van der Waals surface area (Å²) in [6, 6.07) is 0. The van der Waals surface area contributed by atoms with Crippen molar-refractivity contribution in [3.63, 3.8) is 0 Å². The van der Waals surface area contributed by atoms with E-state index in [1.807, 2.05) is 0 Å². The number of aromatic nitrogens is 4. The van der Waals surface area contributed by atoms with Crippen LogP contribution in [-0.2, 0) is 0 Å². The van der Waals surface area contributed by atoms with Crippen LogP contribution >= 0.6 is 11.6 Å². The Morgan fingerprint density at radius 2 is 2.42 bits per heavy atom. The van der Waals surface area contributed by atoms with Crippen molar-refractivity contribution in [1.82, 2.24) is 19.6 Å². The molecule has 2 rings (SSSR count). The minimum absolute atomic E-state index is 0.184. The molecule has 12 heavy (non-hydrogen) atoms. The standard InChI is InChI=1S/C6H3ClN4O/c7-6(12)4-2-11-3-9-10-5(11)1-8-4/h1-3H. The molecule has 0 saturated heterocycles. The van der Waals surface area contributed by atoms with E-state index in [1.54, 1.807) is 4.40 Å². The van der Waals surface area contributed by atoms with Gasteiger partial charge in [0.1, 0.15) is 12.0 Å². The summed E-state index contributed by atoms with van der Waals surface area (Å²) in [6.45, 7) is 0. The number of hydrogen-bond donors (Lipinski definition) is 0. The summed E-state index contributed by atoms with van der Waals surface area (Å²) in [7, 11) is 0. The van der Waals surface area contributed by atoms with Crippen LogP contribution in [0.25, 0.3) is 5.65 Å². The zero-order valence-electron chi connectivity index (χ0n) is 5.81. The lowest BCUT2D eigenvalue weighted by Crippen LogP contribution is -1.96. The minimum atomic E-state index is -0.592. The average molecular weight is 183 g/mol. The van der Waals surface area contributed by atoms with E-state index in [-0.39, 0.29) is 5.69 Å². The number of hydrogen-bond acceptors (Lipinski definition) is 4. The highest BCUT2D eigenvalue weighted by atomic mass is 35.5. The topological polar surface area (TPSA) is 60.2 Å². The van der Waals surface area contributed by atoms with E-state index in [9.17, 15) is 4.79 Å². The van der Waals surface area contributed by atoms with Crippen molar-refractivity contribution in [3.8, 4) is 0 Å². The molecule has 0 atom stereocenters. The number of fused-ring (bicyclic) bond motifs is 1. The van der Waals surface area contributed by atoms with Crippen LogP contribution in [0.3, 0.4) is 0 Å². The lowest BCUT2D eigenvalue weighted by atomic mass is 10.5. The molecule has 0 amide bonds. The van der Waals surface area contributed by atoms with Crippen LogP contribution in [0.4, 0.5) is 0 Å². The molecule has 60 valence electrons. The van der Waals surface area contributed by atoms with Gasteiger partial charge in [0.05, 0.1) is 6.20 Å². The van der Waals surface area contributed by atoms with Crippen molar-refractivity contribution in [2.24, 2.45) is 0 Å². The van der Waals surface area contributed by atoms with Crippen LogP contribution < -0.4 is 0 Å². The van der Waals surface area contributed by atoms with Crippen molar-refractivity contribution in [2.75, 3.05) is 0 Å². The molecule has 0 fully saturated rings. The Labute approximate surface area is 72.0 Å². The predicted octanol–water partition coefficient (Wildman–Crippen LogP) is 0.503. The van der Waals surface area contributed by atoms with Gasteiger partial charge in [-0.05, 0) is 11.6 Å². The van der Waals surface area contributed by atoms with Crippen molar-refractivity contribution < 1.29 is 4.79 Å². The summed E-state index contributed by atoms with van der Waals surface area (Å²) in [5.41, 5.74) is 0.764. The van der Waals surface area contributed by atoms with E-state index in [2.05, 4.69) is 15.2 Å². The third-order valence-corrected chi connectivity index (χ3v) is 1.58. The van der Waals surface area contributed by atoms with Crippen LogP contribution in [0.1, 0.15) is 10.5 Å². The quantitative estimate of drug-likeness (QED) is 0.603. The molecular weight excluding hydrogens is 180 g/mol. The van der Waals surface area contributed by atoms with E-state index in [1.165, 1.54) is 18.7 Å². The molecule has 0 unspecified atom stereocenters. The van der Waals surface area contributed by atoms with Gasteiger partial charge in [0, 0.05) is 6.20 Å². The number of carbonyl (C=O) groups excluding carboxylic acids is 1. The Hall–Kier alpha value is -1.49. The summed E-state index contributed by atoms with van der Waals surface area (Å²) >= 11 is 5.22. The number of carbonyl (C=O) groups is 1. The van der Waals surface area contributed by atoms with Crippen molar-refractivity contribution >= 4 is 22.5 Å². The second-order valence-electron chi connectivity index (χ2n) is 2.14. The first-order chi connectivity index (χ1) is 5.77. The first kappa shape index (κ1) is 7.17. The van der Waals surface area contributed by atoms with Gasteiger partial charge < -0.3 is 0 Å². The normalized spacial score (nSPS) is 10.4. The highest BCUT2D eigenvalue weighted by Crippen LogP contribution is 2.01. The van der Waals surface area contributed by atoms with Gasteiger partial charge in [0.25, 0.3) is 5.24 Å². The summed E-state index contributed by atoms with van der Waals surface area (Å²) in [5.74, 6) is 0. The van der Waals surface area contributed by atoms with Crippen LogP contribution in [-0.4, -0.2) is 24.8 Å². The molecule has 0 aliphatic carbocycles. The van der Waals surface area contributed by atoms with Crippen molar-refractivity contribution in [2.45, 2.75) is 0 Å². The summed E-state index contributed by atoms with van der Waals surface area (Å²) in [4.78, 5) is 14.4. The number of nitrogens with zero attached hydrogens (tertiary/aromatic N) is 4. The van der Waals surface area contributed by atoms with Gasteiger partial charge in [-0.25, -0.2) is 4.98 Å². The SMILES string of the molecule is O=C(Cl)c1cn2cnnc2cn1. The van der Waals surface area contributed by atoms with E-state index in [0.29, 0.717) is 5.65 Å². The molecule has 5 nitrogen and oxygen atoms in total. The van der Waals surface area contributed by atoms with E-state index < -0.39 is 5.24 Å². The Morgan fingerprint density at radius 1 is 1.58 bits per heavy atom. The Morgan fingerprint density at radius 3 is 3.17 bits per heavy atom. The molecule has 0 N–H and O–H groups in total. The first-order valence-electron chi connectivity index (χ1n) is 3.12. The predicted molar refractivity (Wildman–Crippen MR) is 41.0 cm³/mol. The second kappa shape index (κ2) is 2.53. The Bertz CT molecular complexity index is 438. The van der Waals surface area contributed by atoms with E-state index in [4.69, 9.17) is 11.6 Å². The molecule has 0 bridgehead atoms. The van der Waals surface area contributed by atoms with E-state index in [0.717, 1.165) is 0 Å². The van der Waals surface area contributed by atoms with Crippen LogP contribution in [0.2, 0.25) is 0 Å². The molecule has 2 heterocycles. The van der Waals surface area contributed by atoms with Crippen molar-refractivity contribution in [1.29, 1.82) is 0 Å². The van der Waals surface area contributed by atoms with Crippen LogP contribution in [0.5, 0.6) is 0 Å². The maximum absolute atomic E-state index is 10.7. The third-order valence-electron chi connectivity index (χ3n) is 1.38. The van der Waals surface area contributed by atoms with Crippen LogP contribution in [0, 0.1) is 0 Å². The van der Waals surface area contributed by atoms with Gasteiger partial charge in [0.15, 0.2) is 5.65 Å². The monoisotopic (exact) mass is 182 g/mol. The number of rotatable bonds is 1. The molecule has 0 spiro atoms. The lowest BCUT2D eigenvalue weighted by Gasteiger charge is -1.92. The van der Waals surface area contributed by atoms with Gasteiger partial charge >= 0.3 is 0 Å². The average Bonchev–Trinajstić information content (AvgIpc) is 2.49. The molecule has 6 heteroatoms. The molecular formula is C6H3ClN4O. The second-order valence-corrected chi connectivity index (χ2v) is 2.49. The zero-order valence-corrected chi connectivity index (χ0v) is 6.56. The largest absolute Gasteiger partial charge is 0.285 e. The lowest BCUT2D eigenvalue weighted by molar-refractivity contribution is 0.107. The highest BCUT2D eigenvalue weighted by molar-refractivity contribution is 6.67. The Balaban J connectivity index is 2.68. The molecule has 2 aromatic rings. The first-order valence-corrected chi connectivity index (χ1v) is 3.50. The highest BCUT2D eigenvalue weighted by Gasteiger charge is 2.04. The zero-order chi connectivity index (χ0) is 8.55. The van der Waals surface area contributed by atoms with Crippen LogP contribution in [0.15, 0.2) is 18.7 Å². The minimum Gasteiger partial charge on any atom is -0.285 e. The molecule has 0 radical (unpaired) electrons. The molecule has 0 aromatic carbocycles. The van der Waals surface area contributed by atoms with Gasteiger partial charge in [-0.1, -0.05) is 0 Å². The van der Waals surface area contributed by atoms with Gasteiger partial charge in [-0.3, -0.25) is 9.20 Å². The smallest absolute Gasteiger partial charge is 0.272 e. The third kappa shape index (κ3) is 1.04. The fourth-order valence-corrected chi connectivity index (χ4v) is 0.935. The fraction of sp³-hybridized carbons (Fsp3) is 0. The maximum Gasteiger partial charge on any atom is 0.272 e. The molecule has 0 saturated carbocycles. The van der Waals surface area contributed by atoms with Gasteiger partial charge in [0.2, 0.25) is 0 Å². The molecule has 2 aromatic heterocycles. The van der Waals surface area contributed by atoms with Crippen molar-refractivity contribution in [3.05, 3.63) is 24.4 Å². The summed E-state index contributed by atoms with van der Waals surface area (Å²) < 4.78 is 1.57. The van der Waals surface area contributed by atoms with Gasteiger partial charge in [-0.2, -0.15) is 0 Å². The summed E-state index contributed by atoms with van der Waals surface area (Å²) in [6.07, 6.45) is 4.38.